The number of alkyl halides is 3. The van der Waals surface area contributed by atoms with Crippen LogP contribution < -0.4 is 4.74 Å². The molecular formula is C23H18F3NO4. The molecule has 3 aromatic carbocycles. The summed E-state index contributed by atoms with van der Waals surface area (Å²) in [5, 5.41) is 12.1. The second kappa shape index (κ2) is 9.80. The molecule has 0 bridgehead atoms. The van der Waals surface area contributed by atoms with E-state index in [1.807, 2.05) is 30.3 Å². The Kier molecular flexibility index (Phi) is 6.92. The minimum Gasteiger partial charge on any atom is -0.489 e. The zero-order chi connectivity index (χ0) is 22.3. The van der Waals surface area contributed by atoms with E-state index in [9.17, 15) is 18.0 Å². The van der Waals surface area contributed by atoms with Crippen LogP contribution in [0, 0.1) is 0 Å². The molecule has 1 N–H and O–H groups in total. The second-order valence-corrected chi connectivity index (χ2v) is 6.53. The molecule has 160 valence electrons. The first-order valence-electron chi connectivity index (χ1n) is 9.18. The molecule has 0 fully saturated rings. The van der Waals surface area contributed by atoms with Gasteiger partial charge in [0.15, 0.2) is 0 Å². The maximum atomic E-state index is 12.6. The first kappa shape index (κ1) is 21.9. The topological polar surface area (TPSA) is 68.1 Å². The molecule has 0 aromatic heterocycles. The lowest BCUT2D eigenvalue weighted by molar-refractivity contribution is -0.142. The van der Waals surface area contributed by atoms with Gasteiger partial charge in [0.1, 0.15) is 12.4 Å². The van der Waals surface area contributed by atoms with Crippen molar-refractivity contribution in [2.24, 2.45) is 5.16 Å². The monoisotopic (exact) mass is 429 g/mol. The molecule has 8 heteroatoms. The van der Waals surface area contributed by atoms with E-state index in [1.54, 1.807) is 18.2 Å². The van der Waals surface area contributed by atoms with Gasteiger partial charge in [-0.2, -0.15) is 13.2 Å². The highest BCUT2D eigenvalue weighted by Gasteiger charge is 2.29. The van der Waals surface area contributed by atoms with Crippen molar-refractivity contribution >= 4 is 12.2 Å². The molecule has 0 aliphatic rings. The van der Waals surface area contributed by atoms with Crippen LogP contribution in [0.15, 0.2) is 78.0 Å². The van der Waals surface area contributed by atoms with Gasteiger partial charge in [0.25, 0.3) is 0 Å². The summed E-state index contributed by atoms with van der Waals surface area (Å²) in [5.41, 5.74) is 2.50. The van der Waals surface area contributed by atoms with E-state index in [0.717, 1.165) is 28.8 Å². The van der Waals surface area contributed by atoms with Gasteiger partial charge in [-0.25, -0.2) is 4.79 Å². The molecular weight excluding hydrogens is 411 g/mol. The van der Waals surface area contributed by atoms with Gasteiger partial charge in [-0.1, -0.05) is 53.7 Å². The Bertz CT molecular complexity index is 1050. The number of nitrogens with zero attached hydrogens (tertiary/aromatic N) is 1. The molecule has 0 aliphatic heterocycles. The van der Waals surface area contributed by atoms with E-state index >= 15 is 0 Å². The summed E-state index contributed by atoms with van der Waals surface area (Å²) >= 11 is 0. The summed E-state index contributed by atoms with van der Waals surface area (Å²) in [6.45, 7) is -0.360. The number of hydrogen-bond donors (Lipinski definition) is 1. The van der Waals surface area contributed by atoms with Gasteiger partial charge < -0.3 is 14.7 Å². The van der Waals surface area contributed by atoms with Crippen LogP contribution in [-0.2, 0) is 22.4 Å². The molecule has 0 atom stereocenters. The molecule has 5 nitrogen and oxygen atoms in total. The van der Waals surface area contributed by atoms with Gasteiger partial charge in [-0.15, -0.1) is 0 Å². The highest BCUT2D eigenvalue weighted by atomic mass is 19.4. The summed E-state index contributed by atoms with van der Waals surface area (Å²) in [7, 11) is 0. The van der Waals surface area contributed by atoms with E-state index in [4.69, 9.17) is 9.84 Å². The van der Waals surface area contributed by atoms with Gasteiger partial charge in [0, 0.05) is 0 Å². The fourth-order valence-corrected chi connectivity index (χ4v) is 2.67. The Labute approximate surface area is 176 Å². The number of carboxylic acids is 1. The van der Waals surface area contributed by atoms with Crippen molar-refractivity contribution in [3.63, 3.8) is 0 Å². The molecule has 0 aliphatic carbocycles. The van der Waals surface area contributed by atoms with Crippen molar-refractivity contribution < 1.29 is 32.6 Å². The normalized spacial score (nSPS) is 11.5. The van der Waals surface area contributed by atoms with Gasteiger partial charge in [0.2, 0.25) is 6.61 Å². The third-order valence-corrected chi connectivity index (χ3v) is 4.23. The van der Waals surface area contributed by atoms with Crippen LogP contribution in [0.4, 0.5) is 13.2 Å². The van der Waals surface area contributed by atoms with Crippen molar-refractivity contribution in [1.82, 2.24) is 0 Å². The summed E-state index contributed by atoms with van der Waals surface area (Å²) in [4.78, 5) is 15.0. The third kappa shape index (κ3) is 6.60. The lowest BCUT2D eigenvalue weighted by Crippen LogP contribution is -2.05. The van der Waals surface area contributed by atoms with Crippen LogP contribution in [-0.4, -0.2) is 23.9 Å². The van der Waals surface area contributed by atoms with Crippen LogP contribution in [0.3, 0.4) is 0 Å². The number of oxime groups is 1. The zero-order valence-electron chi connectivity index (χ0n) is 16.2. The molecule has 3 rings (SSSR count). The number of benzene rings is 3. The maximum Gasteiger partial charge on any atom is 0.416 e. The fraction of sp³-hybridized carbons (Fsp3) is 0.130. The van der Waals surface area contributed by atoms with Crippen molar-refractivity contribution in [2.75, 3.05) is 6.61 Å². The molecule has 0 saturated heterocycles. The number of rotatable bonds is 8. The smallest absolute Gasteiger partial charge is 0.416 e. The van der Waals surface area contributed by atoms with Crippen LogP contribution in [0.1, 0.15) is 16.7 Å². The average molecular weight is 429 g/mol. The summed E-state index contributed by atoms with van der Waals surface area (Å²) < 4.78 is 43.6. The fourth-order valence-electron chi connectivity index (χ4n) is 2.67. The highest BCUT2D eigenvalue weighted by molar-refractivity contribution is 5.80. The first-order chi connectivity index (χ1) is 14.8. The highest BCUT2D eigenvalue weighted by Crippen LogP contribution is 2.29. The molecule has 3 aromatic rings. The first-order valence-corrected chi connectivity index (χ1v) is 9.18. The van der Waals surface area contributed by atoms with Crippen LogP contribution >= 0.6 is 0 Å². The molecule has 0 saturated carbocycles. The number of ether oxygens (including phenoxy) is 1. The van der Waals surface area contributed by atoms with Gasteiger partial charge in [0.05, 0.1) is 11.8 Å². The number of hydrogen-bond acceptors (Lipinski definition) is 4. The second-order valence-electron chi connectivity index (χ2n) is 6.53. The number of halogens is 3. The van der Waals surface area contributed by atoms with Crippen LogP contribution in [0.5, 0.6) is 5.75 Å². The van der Waals surface area contributed by atoms with E-state index in [2.05, 4.69) is 9.99 Å². The van der Waals surface area contributed by atoms with E-state index in [-0.39, 0.29) is 6.61 Å². The van der Waals surface area contributed by atoms with Crippen molar-refractivity contribution in [1.29, 1.82) is 0 Å². The third-order valence-electron chi connectivity index (χ3n) is 4.23. The quantitative estimate of drug-likeness (QED) is 0.385. The van der Waals surface area contributed by atoms with E-state index < -0.39 is 24.3 Å². The standard InChI is InChI=1S/C23H18F3NO4/c24-23(25,26)20-10-6-17(7-11-20)14-30-21-3-1-2-19(12-21)18-8-4-16(5-9-18)13-27-31-15-22(28)29/h1-13H,14-15H2,(H,28,29)/b27-13+. The van der Waals surface area contributed by atoms with Crippen LogP contribution in [0.2, 0.25) is 0 Å². The predicted molar refractivity (Wildman–Crippen MR) is 109 cm³/mol. The van der Waals surface area contributed by atoms with Gasteiger partial charge >= 0.3 is 12.1 Å². The Morgan fingerprint density at radius 2 is 1.68 bits per heavy atom. The average Bonchev–Trinajstić information content (AvgIpc) is 2.75. The van der Waals surface area contributed by atoms with Crippen molar-refractivity contribution in [3.05, 3.63) is 89.5 Å². The lowest BCUT2D eigenvalue weighted by Gasteiger charge is -2.10. The molecule has 0 spiro atoms. The van der Waals surface area contributed by atoms with E-state index in [0.29, 0.717) is 11.3 Å². The van der Waals surface area contributed by atoms with Crippen molar-refractivity contribution in [2.45, 2.75) is 12.8 Å². The minimum atomic E-state index is -4.36. The molecule has 31 heavy (non-hydrogen) atoms. The lowest BCUT2D eigenvalue weighted by atomic mass is 10.0. The Balaban J connectivity index is 1.61. The largest absolute Gasteiger partial charge is 0.489 e. The number of carbonyl (C=O) groups is 1. The summed E-state index contributed by atoms with van der Waals surface area (Å²) in [6.07, 6.45) is -2.95. The molecule has 0 amide bonds. The Hall–Kier alpha value is -3.81. The predicted octanol–water partition coefficient (Wildman–Crippen LogP) is 5.39. The Morgan fingerprint density at radius 3 is 2.32 bits per heavy atom. The summed E-state index contributed by atoms with van der Waals surface area (Å²) in [5.74, 6) is -0.516. The number of aliphatic carboxylic acids is 1. The molecule has 0 radical (unpaired) electrons. The molecule has 0 unspecified atom stereocenters. The molecule has 0 heterocycles. The van der Waals surface area contributed by atoms with Crippen LogP contribution in [0.25, 0.3) is 11.1 Å². The maximum absolute atomic E-state index is 12.6. The van der Waals surface area contributed by atoms with Crippen molar-refractivity contribution in [3.8, 4) is 16.9 Å². The number of carboxylic acid groups (broad SMARTS) is 1. The van der Waals surface area contributed by atoms with Gasteiger partial charge in [-0.3, -0.25) is 0 Å². The minimum absolute atomic E-state index is 0.146. The SMILES string of the molecule is O=C(O)CO/N=C/c1ccc(-c2cccc(OCc3ccc(C(F)(F)F)cc3)c2)cc1. The Morgan fingerprint density at radius 1 is 0.968 bits per heavy atom. The van der Waals surface area contributed by atoms with Gasteiger partial charge in [-0.05, 0) is 46.5 Å². The zero-order valence-corrected chi connectivity index (χ0v) is 16.2. The summed E-state index contributed by atoms with van der Waals surface area (Å²) in [6, 6.07) is 19.5. The van der Waals surface area contributed by atoms with E-state index in [1.165, 1.54) is 18.3 Å².